The van der Waals surface area contributed by atoms with E-state index in [-0.39, 0.29) is 23.6 Å². The molecular weight excluding hydrogens is 398 g/mol. The summed E-state index contributed by atoms with van der Waals surface area (Å²) in [5, 5.41) is 5.91. The molecule has 3 amide bonds. The van der Waals surface area contributed by atoms with Crippen LogP contribution in [0.4, 0.5) is 0 Å². The Morgan fingerprint density at radius 3 is 2.16 bits per heavy atom. The van der Waals surface area contributed by atoms with E-state index in [2.05, 4.69) is 10.6 Å². The van der Waals surface area contributed by atoms with E-state index in [0.717, 1.165) is 12.8 Å². The van der Waals surface area contributed by atoms with Crippen molar-refractivity contribution in [2.75, 3.05) is 33.9 Å². The van der Waals surface area contributed by atoms with E-state index in [4.69, 9.17) is 9.47 Å². The first-order valence-electron chi connectivity index (χ1n) is 11.1. The molecule has 1 aromatic rings. The summed E-state index contributed by atoms with van der Waals surface area (Å²) in [6.07, 6.45) is 5.97. The number of amides is 3. The number of nitrogens with one attached hydrogen (secondary N) is 2. The molecule has 0 unspecified atom stereocenters. The van der Waals surface area contributed by atoms with Gasteiger partial charge in [0, 0.05) is 49.6 Å². The second-order valence-electron chi connectivity index (χ2n) is 8.26. The van der Waals surface area contributed by atoms with Crippen LogP contribution in [0.2, 0.25) is 0 Å². The maximum absolute atomic E-state index is 12.9. The summed E-state index contributed by atoms with van der Waals surface area (Å²) in [5.74, 6) is 0.856. The average Bonchev–Trinajstić information content (AvgIpc) is 3.31. The van der Waals surface area contributed by atoms with Gasteiger partial charge in [0.1, 0.15) is 11.5 Å². The quantitative estimate of drug-likeness (QED) is 0.657. The van der Waals surface area contributed by atoms with E-state index in [0.29, 0.717) is 62.0 Å². The van der Waals surface area contributed by atoms with E-state index in [9.17, 15) is 14.4 Å². The number of hydrogen-bond acceptors (Lipinski definition) is 5. The molecule has 8 nitrogen and oxygen atoms in total. The van der Waals surface area contributed by atoms with E-state index >= 15 is 0 Å². The number of piperidine rings is 1. The van der Waals surface area contributed by atoms with Gasteiger partial charge in [0.25, 0.3) is 5.91 Å². The number of carbonyl (C=O) groups excluding carboxylic acids is 3. The minimum absolute atomic E-state index is 0.00123. The van der Waals surface area contributed by atoms with Gasteiger partial charge in [0.15, 0.2) is 0 Å². The molecule has 0 atom stereocenters. The van der Waals surface area contributed by atoms with Crippen LogP contribution in [0.1, 0.15) is 55.3 Å². The van der Waals surface area contributed by atoms with Crippen molar-refractivity contribution in [3.8, 4) is 11.5 Å². The van der Waals surface area contributed by atoms with Crippen LogP contribution in [0.25, 0.3) is 0 Å². The highest BCUT2D eigenvalue weighted by molar-refractivity contribution is 5.95. The molecule has 2 N–H and O–H groups in total. The van der Waals surface area contributed by atoms with Crippen molar-refractivity contribution in [3.05, 3.63) is 23.8 Å². The third-order valence-corrected chi connectivity index (χ3v) is 6.12. The van der Waals surface area contributed by atoms with Gasteiger partial charge < -0.3 is 25.0 Å². The maximum Gasteiger partial charge on any atom is 0.254 e. The highest BCUT2D eigenvalue weighted by Crippen LogP contribution is 2.25. The van der Waals surface area contributed by atoms with Crippen molar-refractivity contribution < 1.29 is 23.9 Å². The fourth-order valence-corrected chi connectivity index (χ4v) is 4.27. The van der Waals surface area contributed by atoms with Crippen molar-refractivity contribution in [1.82, 2.24) is 15.5 Å². The molecule has 0 bridgehead atoms. The van der Waals surface area contributed by atoms with Gasteiger partial charge in [-0.15, -0.1) is 0 Å². The van der Waals surface area contributed by atoms with Crippen LogP contribution in [0, 0.1) is 5.92 Å². The van der Waals surface area contributed by atoms with Crippen LogP contribution in [0.3, 0.4) is 0 Å². The number of hydrogen-bond donors (Lipinski definition) is 2. The monoisotopic (exact) mass is 431 g/mol. The lowest BCUT2D eigenvalue weighted by atomic mass is 9.95. The first-order chi connectivity index (χ1) is 15.0. The molecule has 2 fully saturated rings. The Morgan fingerprint density at radius 2 is 1.58 bits per heavy atom. The molecule has 1 saturated carbocycles. The Bertz CT molecular complexity index is 761. The molecular formula is C23H33N3O5. The van der Waals surface area contributed by atoms with E-state index in [1.165, 1.54) is 12.8 Å². The molecule has 1 saturated heterocycles. The molecule has 1 aliphatic heterocycles. The SMILES string of the molecule is COc1cc(OC)cc(C(=O)N2CCC(C(=O)NCCC(=O)NC3CCCC3)CC2)c1. The molecule has 0 radical (unpaired) electrons. The lowest BCUT2D eigenvalue weighted by Gasteiger charge is -2.31. The molecule has 2 aliphatic rings. The number of ether oxygens (including phenoxy) is 2. The summed E-state index contributed by atoms with van der Waals surface area (Å²) in [4.78, 5) is 39.1. The van der Waals surface area contributed by atoms with E-state index in [1.54, 1.807) is 37.3 Å². The van der Waals surface area contributed by atoms with Crippen molar-refractivity contribution in [2.24, 2.45) is 5.92 Å². The summed E-state index contributed by atoms with van der Waals surface area (Å²) in [6.45, 7) is 1.37. The number of likely N-dealkylation sites (tertiary alicyclic amines) is 1. The van der Waals surface area contributed by atoms with Gasteiger partial charge in [-0.05, 0) is 37.8 Å². The summed E-state index contributed by atoms with van der Waals surface area (Å²) in [7, 11) is 3.09. The van der Waals surface area contributed by atoms with Gasteiger partial charge in [0.2, 0.25) is 11.8 Å². The minimum Gasteiger partial charge on any atom is -0.497 e. The van der Waals surface area contributed by atoms with Crippen LogP contribution < -0.4 is 20.1 Å². The fraction of sp³-hybridized carbons (Fsp3) is 0.609. The highest BCUT2D eigenvalue weighted by atomic mass is 16.5. The van der Waals surface area contributed by atoms with Gasteiger partial charge in [0.05, 0.1) is 14.2 Å². The molecule has 0 aromatic heterocycles. The molecule has 31 heavy (non-hydrogen) atoms. The van der Waals surface area contributed by atoms with Gasteiger partial charge in [-0.2, -0.15) is 0 Å². The van der Waals surface area contributed by atoms with Gasteiger partial charge >= 0.3 is 0 Å². The molecule has 8 heteroatoms. The van der Waals surface area contributed by atoms with Crippen LogP contribution in [-0.2, 0) is 9.59 Å². The number of carbonyl (C=O) groups is 3. The third-order valence-electron chi connectivity index (χ3n) is 6.12. The highest BCUT2D eigenvalue weighted by Gasteiger charge is 2.28. The minimum atomic E-state index is -0.137. The lowest BCUT2D eigenvalue weighted by molar-refractivity contribution is -0.126. The maximum atomic E-state index is 12.9. The number of benzene rings is 1. The Morgan fingerprint density at radius 1 is 0.968 bits per heavy atom. The summed E-state index contributed by atoms with van der Waals surface area (Å²) < 4.78 is 10.5. The van der Waals surface area contributed by atoms with Gasteiger partial charge in [-0.1, -0.05) is 12.8 Å². The molecule has 1 aliphatic carbocycles. The van der Waals surface area contributed by atoms with Crippen LogP contribution >= 0.6 is 0 Å². The summed E-state index contributed by atoms with van der Waals surface area (Å²) in [6, 6.07) is 5.41. The second-order valence-corrected chi connectivity index (χ2v) is 8.26. The first-order valence-corrected chi connectivity index (χ1v) is 11.1. The zero-order valence-electron chi connectivity index (χ0n) is 18.4. The number of methoxy groups -OCH3 is 2. The van der Waals surface area contributed by atoms with Gasteiger partial charge in [-0.3, -0.25) is 14.4 Å². The second kappa shape index (κ2) is 11.0. The average molecular weight is 432 g/mol. The standard InChI is InChI=1S/C23H33N3O5/c1-30-19-13-17(14-20(15-19)31-2)23(29)26-11-8-16(9-12-26)22(28)24-10-7-21(27)25-18-5-3-4-6-18/h13-16,18H,3-12H2,1-2H3,(H,24,28)(H,25,27). The van der Waals surface area contributed by atoms with Gasteiger partial charge in [-0.25, -0.2) is 0 Å². The predicted octanol–water partition coefficient (Wildman–Crippen LogP) is 2.12. The number of rotatable bonds is 8. The summed E-state index contributed by atoms with van der Waals surface area (Å²) in [5.41, 5.74) is 0.507. The van der Waals surface area contributed by atoms with Crippen molar-refractivity contribution >= 4 is 17.7 Å². The van der Waals surface area contributed by atoms with Crippen molar-refractivity contribution in [1.29, 1.82) is 0 Å². The van der Waals surface area contributed by atoms with Crippen molar-refractivity contribution in [2.45, 2.75) is 51.0 Å². The molecule has 170 valence electrons. The Hall–Kier alpha value is -2.77. The predicted molar refractivity (Wildman–Crippen MR) is 116 cm³/mol. The smallest absolute Gasteiger partial charge is 0.254 e. The Balaban J connectivity index is 1.42. The Labute approximate surface area is 183 Å². The fourth-order valence-electron chi connectivity index (χ4n) is 4.27. The van der Waals surface area contributed by atoms with Crippen LogP contribution in [-0.4, -0.2) is 62.5 Å². The molecule has 3 rings (SSSR count). The van der Waals surface area contributed by atoms with E-state index < -0.39 is 0 Å². The first kappa shape index (κ1) is 22.9. The molecule has 1 heterocycles. The van der Waals surface area contributed by atoms with Crippen LogP contribution in [0.15, 0.2) is 18.2 Å². The molecule has 1 aromatic carbocycles. The zero-order valence-corrected chi connectivity index (χ0v) is 18.4. The lowest BCUT2D eigenvalue weighted by Crippen LogP contribution is -2.43. The Kier molecular flexibility index (Phi) is 8.14. The van der Waals surface area contributed by atoms with E-state index in [1.807, 2.05) is 0 Å². The third kappa shape index (κ3) is 6.35. The largest absolute Gasteiger partial charge is 0.497 e. The van der Waals surface area contributed by atoms with Crippen molar-refractivity contribution in [3.63, 3.8) is 0 Å². The zero-order chi connectivity index (χ0) is 22.2. The number of nitrogens with zero attached hydrogens (tertiary/aromatic N) is 1. The van der Waals surface area contributed by atoms with Crippen LogP contribution in [0.5, 0.6) is 11.5 Å². The molecule has 0 spiro atoms. The normalized spacial score (nSPS) is 17.3. The topological polar surface area (TPSA) is 97.0 Å². The summed E-state index contributed by atoms with van der Waals surface area (Å²) >= 11 is 0.